The second-order valence-corrected chi connectivity index (χ2v) is 6.48. The van der Waals surface area contributed by atoms with Crippen LogP contribution in [0.2, 0.25) is 0 Å². The first kappa shape index (κ1) is 15.3. The van der Waals surface area contributed by atoms with Crippen LogP contribution >= 0.6 is 0 Å². The van der Waals surface area contributed by atoms with Crippen LogP contribution in [0.4, 0.5) is 8.78 Å². The number of sulfonamides is 1. The molecule has 0 spiro atoms. The average Bonchev–Trinajstić information content (AvgIpc) is 2.43. The zero-order valence-electron chi connectivity index (χ0n) is 10.8. The predicted molar refractivity (Wildman–Crippen MR) is 68.6 cm³/mol. The molecule has 2 rings (SSSR count). The molecule has 0 amide bonds. The van der Waals surface area contributed by atoms with E-state index >= 15 is 0 Å². The molecule has 20 heavy (non-hydrogen) atoms. The summed E-state index contributed by atoms with van der Waals surface area (Å²) in [5.41, 5.74) is 0. The number of rotatable bonds is 4. The molecule has 8 heteroatoms. The van der Waals surface area contributed by atoms with Crippen LogP contribution in [-0.2, 0) is 10.0 Å². The lowest BCUT2D eigenvalue weighted by atomic mass is 10.3. The molecule has 5 nitrogen and oxygen atoms in total. The highest BCUT2D eigenvalue weighted by Crippen LogP contribution is 2.19. The van der Waals surface area contributed by atoms with Gasteiger partial charge in [-0.05, 0) is 18.2 Å². The molecule has 0 aliphatic carbocycles. The van der Waals surface area contributed by atoms with E-state index in [0.29, 0.717) is 25.7 Å². The van der Waals surface area contributed by atoms with Gasteiger partial charge in [0.25, 0.3) is 0 Å². The minimum atomic E-state index is -3.80. The van der Waals surface area contributed by atoms with Gasteiger partial charge in [0, 0.05) is 32.7 Å². The summed E-state index contributed by atoms with van der Waals surface area (Å²) in [4.78, 5) is 1.70. The second-order valence-electron chi connectivity index (χ2n) is 4.55. The fourth-order valence-corrected chi connectivity index (χ4v) is 3.56. The summed E-state index contributed by atoms with van der Waals surface area (Å²) in [6, 6.07) is 2.57. The maximum absolute atomic E-state index is 13.1. The number of aliphatic hydroxyl groups is 1. The Hall–Kier alpha value is -1.09. The topological polar surface area (TPSA) is 60.9 Å². The number of aliphatic hydroxyl groups excluding tert-OH is 1. The maximum atomic E-state index is 13.1. The third kappa shape index (κ3) is 3.14. The molecule has 0 aromatic heterocycles. The molecular formula is C12H16F2N2O3S. The minimum Gasteiger partial charge on any atom is -0.395 e. The lowest BCUT2D eigenvalue weighted by Gasteiger charge is -2.33. The van der Waals surface area contributed by atoms with Crippen molar-refractivity contribution in [3.05, 3.63) is 29.8 Å². The molecule has 1 N–H and O–H groups in total. The molecule has 1 aromatic rings. The molecular weight excluding hydrogens is 290 g/mol. The van der Waals surface area contributed by atoms with Gasteiger partial charge in [-0.2, -0.15) is 4.31 Å². The van der Waals surface area contributed by atoms with Gasteiger partial charge in [-0.1, -0.05) is 0 Å². The monoisotopic (exact) mass is 306 g/mol. The van der Waals surface area contributed by atoms with Crippen LogP contribution < -0.4 is 0 Å². The van der Waals surface area contributed by atoms with Crippen LogP contribution in [0.25, 0.3) is 0 Å². The fourth-order valence-electron chi connectivity index (χ4n) is 2.12. The van der Waals surface area contributed by atoms with Gasteiger partial charge in [0.05, 0.1) is 11.5 Å². The van der Waals surface area contributed by atoms with Gasteiger partial charge < -0.3 is 5.11 Å². The van der Waals surface area contributed by atoms with Gasteiger partial charge >= 0.3 is 0 Å². The Labute approximate surface area is 116 Å². The third-order valence-corrected chi connectivity index (χ3v) is 5.17. The van der Waals surface area contributed by atoms with E-state index in [-0.39, 0.29) is 24.6 Å². The van der Waals surface area contributed by atoms with E-state index in [1.807, 2.05) is 4.90 Å². The Balaban J connectivity index is 2.13. The molecule has 112 valence electrons. The van der Waals surface area contributed by atoms with Crippen molar-refractivity contribution < 1.29 is 22.3 Å². The molecule has 1 fully saturated rings. The number of hydrogen-bond acceptors (Lipinski definition) is 4. The van der Waals surface area contributed by atoms with E-state index in [4.69, 9.17) is 5.11 Å². The first-order chi connectivity index (χ1) is 9.45. The largest absolute Gasteiger partial charge is 0.395 e. The van der Waals surface area contributed by atoms with Crippen LogP contribution in [0.15, 0.2) is 23.1 Å². The van der Waals surface area contributed by atoms with E-state index in [9.17, 15) is 17.2 Å². The molecule has 0 saturated carbocycles. The summed E-state index contributed by atoms with van der Waals surface area (Å²) in [5, 5.41) is 8.83. The lowest BCUT2D eigenvalue weighted by molar-refractivity contribution is 0.151. The van der Waals surface area contributed by atoms with Crippen molar-refractivity contribution in [3.63, 3.8) is 0 Å². The number of halogens is 2. The summed E-state index contributed by atoms with van der Waals surface area (Å²) < 4.78 is 51.8. The Morgan fingerprint density at radius 3 is 2.30 bits per heavy atom. The maximum Gasteiger partial charge on any atom is 0.243 e. The molecule has 0 unspecified atom stereocenters. The van der Waals surface area contributed by atoms with Crippen molar-refractivity contribution in [2.75, 3.05) is 39.3 Å². The highest BCUT2D eigenvalue weighted by molar-refractivity contribution is 7.89. The van der Waals surface area contributed by atoms with E-state index in [1.165, 1.54) is 4.31 Å². The lowest BCUT2D eigenvalue weighted by Crippen LogP contribution is -2.49. The zero-order valence-corrected chi connectivity index (χ0v) is 11.6. The first-order valence-corrected chi connectivity index (χ1v) is 7.67. The minimum absolute atomic E-state index is 0.0237. The molecule has 1 heterocycles. The SMILES string of the molecule is O=S(=O)(c1ccc(F)c(F)c1)N1CCN(CCO)CC1. The van der Waals surface area contributed by atoms with Crippen molar-refractivity contribution in [3.8, 4) is 0 Å². The molecule has 1 aliphatic heterocycles. The number of piperazine rings is 1. The predicted octanol–water partition coefficient (Wildman–Crippen LogP) is 0.263. The molecule has 1 aromatic carbocycles. The van der Waals surface area contributed by atoms with Crippen LogP contribution in [0.3, 0.4) is 0 Å². The number of nitrogens with zero attached hydrogens (tertiary/aromatic N) is 2. The first-order valence-electron chi connectivity index (χ1n) is 6.23. The summed E-state index contributed by atoms with van der Waals surface area (Å²) in [6.07, 6.45) is 0. The van der Waals surface area contributed by atoms with Crippen LogP contribution in [-0.4, -0.2) is 62.1 Å². The van der Waals surface area contributed by atoms with E-state index in [0.717, 1.165) is 12.1 Å². The third-order valence-electron chi connectivity index (χ3n) is 3.28. The van der Waals surface area contributed by atoms with Gasteiger partial charge in [-0.25, -0.2) is 17.2 Å². The van der Waals surface area contributed by atoms with E-state index in [1.54, 1.807) is 0 Å². The van der Waals surface area contributed by atoms with Gasteiger partial charge in [-0.3, -0.25) is 4.90 Å². The van der Waals surface area contributed by atoms with Crippen LogP contribution in [0, 0.1) is 11.6 Å². The standard InChI is InChI=1S/C12H16F2N2O3S/c13-11-2-1-10(9-12(11)14)20(18,19)16-5-3-15(4-6-16)7-8-17/h1-2,9,17H,3-8H2. The van der Waals surface area contributed by atoms with Crippen molar-refractivity contribution in [2.24, 2.45) is 0 Å². The highest BCUT2D eigenvalue weighted by Gasteiger charge is 2.28. The van der Waals surface area contributed by atoms with Crippen molar-refractivity contribution in [2.45, 2.75) is 4.90 Å². The van der Waals surface area contributed by atoms with Gasteiger partial charge in [0.2, 0.25) is 10.0 Å². The average molecular weight is 306 g/mol. The Morgan fingerprint density at radius 1 is 1.10 bits per heavy atom. The normalized spacial score (nSPS) is 18.4. The van der Waals surface area contributed by atoms with Gasteiger partial charge in [0.15, 0.2) is 11.6 Å². The van der Waals surface area contributed by atoms with Crippen LogP contribution in [0.5, 0.6) is 0 Å². The molecule has 0 radical (unpaired) electrons. The smallest absolute Gasteiger partial charge is 0.243 e. The number of hydrogen-bond donors (Lipinski definition) is 1. The second kappa shape index (κ2) is 6.13. The van der Waals surface area contributed by atoms with Crippen molar-refractivity contribution in [1.82, 2.24) is 9.21 Å². The molecule has 0 bridgehead atoms. The van der Waals surface area contributed by atoms with E-state index in [2.05, 4.69) is 0 Å². The van der Waals surface area contributed by atoms with Gasteiger partial charge in [-0.15, -0.1) is 0 Å². The summed E-state index contributed by atoms with van der Waals surface area (Å²) in [7, 11) is -3.80. The fraction of sp³-hybridized carbons (Fsp3) is 0.500. The Morgan fingerprint density at radius 2 is 1.75 bits per heavy atom. The molecule has 0 atom stereocenters. The molecule has 1 saturated heterocycles. The van der Waals surface area contributed by atoms with Crippen molar-refractivity contribution in [1.29, 1.82) is 0 Å². The number of β-amino-alcohol motifs (C(OH)–C–C–N with tert-alkyl or cyclic N) is 1. The van der Waals surface area contributed by atoms with E-state index < -0.39 is 21.7 Å². The molecule has 1 aliphatic rings. The highest BCUT2D eigenvalue weighted by atomic mass is 32.2. The summed E-state index contributed by atoms with van der Waals surface area (Å²) in [5.74, 6) is -2.25. The van der Waals surface area contributed by atoms with Crippen molar-refractivity contribution >= 4 is 10.0 Å². The quantitative estimate of drug-likeness (QED) is 0.867. The van der Waals surface area contributed by atoms with Crippen LogP contribution in [0.1, 0.15) is 0 Å². The summed E-state index contributed by atoms with van der Waals surface area (Å²) in [6.45, 7) is 2.06. The summed E-state index contributed by atoms with van der Waals surface area (Å²) >= 11 is 0. The van der Waals surface area contributed by atoms with Gasteiger partial charge in [0.1, 0.15) is 0 Å². The zero-order chi connectivity index (χ0) is 14.8. The Bertz CT molecular complexity index is 572. The number of benzene rings is 1. The Kier molecular flexibility index (Phi) is 4.69.